The molecule has 0 amide bonds. The molecule has 0 saturated carbocycles. The van der Waals surface area contributed by atoms with Gasteiger partial charge in [-0.2, -0.15) is 0 Å². The molecule has 0 bridgehead atoms. The predicted octanol–water partition coefficient (Wildman–Crippen LogP) is 6.37. The van der Waals surface area contributed by atoms with E-state index in [1.165, 1.54) is 38.5 Å². The van der Waals surface area contributed by atoms with Gasteiger partial charge in [0.25, 0.3) is 0 Å². The summed E-state index contributed by atoms with van der Waals surface area (Å²) < 4.78 is 0. The van der Waals surface area contributed by atoms with E-state index >= 15 is 0 Å². The average molecular weight is 246 g/mol. The Hall–Kier alpha value is -1.04. The van der Waals surface area contributed by atoms with Gasteiger partial charge in [-0.25, -0.2) is 0 Å². The molecule has 0 N–H and O–H groups in total. The van der Waals surface area contributed by atoms with Crippen molar-refractivity contribution in [1.29, 1.82) is 0 Å². The van der Waals surface area contributed by atoms with Crippen LogP contribution in [0.5, 0.6) is 0 Å². The highest BCUT2D eigenvalue weighted by Gasteiger charge is 1.79. The Bertz CT molecular complexity index is 253. The first-order valence-corrected chi connectivity index (χ1v) is 7.51. The smallest absolute Gasteiger partial charge is 0.0169 e. The van der Waals surface area contributed by atoms with E-state index in [9.17, 15) is 0 Å². The van der Waals surface area contributed by atoms with Crippen LogP contribution < -0.4 is 0 Å². The first-order chi connectivity index (χ1) is 8.91. The molecule has 18 heavy (non-hydrogen) atoms. The lowest BCUT2D eigenvalue weighted by molar-refractivity contribution is 0.941. The summed E-state index contributed by atoms with van der Waals surface area (Å²) in [6, 6.07) is 0. The quantitative estimate of drug-likeness (QED) is 0.293. The van der Waals surface area contributed by atoms with Gasteiger partial charge in [0.2, 0.25) is 0 Å². The van der Waals surface area contributed by atoms with Crippen molar-refractivity contribution < 1.29 is 0 Å². The van der Waals surface area contributed by atoms with Crippen LogP contribution in [-0.4, -0.2) is 0 Å². The second kappa shape index (κ2) is 16.0. The van der Waals surface area contributed by atoms with Crippen LogP contribution in [0.4, 0.5) is 0 Å². The Kier molecular flexibility index (Phi) is 15.0. The Morgan fingerprint density at radius 1 is 0.500 bits per heavy atom. The summed E-state index contributed by atoms with van der Waals surface area (Å²) in [6.45, 7) is 4.39. The van der Waals surface area contributed by atoms with E-state index in [1.54, 1.807) is 0 Å². The molecule has 0 aromatic carbocycles. The summed E-state index contributed by atoms with van der Waals surface area (Å²) >= 11 is 0. The van der Waals surface area contributed by atoms with Crippen molar-refractivity contribution in [3.63, 3.8) is 0 Å². The molecule has 0 aromatic heterocycles. The molecule has 0 saturated heterocycles. The molecule has 0 aliphatic rings. The zero-order chi connectivity index (χ0) is 13.3. The van der Waals surface area contributed by atoms with Gasteiger partial charge in [-0.15, -0.1) is 0 Å². The van der Waals surface area contributed by atoms with Gasteiger partial charge in [-0.3, -0.25) is 0 Å². The molecule has 0 heterocycles. The van der Waals surface area contributed by atoms with Crippen LogP contribution in [0.2, 0.25) is 0 Å². The van der Waals surface area contributed by atoms with Crippen molar-refractivity contribution in [1.82, 2.24) is 0 Å². The highest BCUT2D eigenvalue weighted by Crippen LogP contribution is 2.00. The van der Waals surface area contributed by atoms with Gasteiger partial charge < -0.3 is 0 Å². The van der Waals surface area contributed by atoms with Crippen molar-refractivity contribution in [2.75, 3.05) is 0 Å². The molecular weight excluding hydrogens is 216 g/mol. The molecule has 0 aliphatic carbocycles. The monoisotopic (exact) mass is 246 g/mol. The maximum absolute atomic E-state index is 2.31. The van der Waals surface area contributed by atoms with E-state index in [1.807, 2.05) is 0 Å². The summed E-state index contributed by atoms with van der Waals surface area (Å²) in [7, 11) is 0. The highest BCUT2D eigenvalue weighted by atomic mass is 13.9. The van der Waals surface area contributed by atoms with E-state index in [4.69, 9.17) is 0 Å². The van der Waals surface area contributed by atoms with Crippen molar-refractivity contribution in [3.8, 4) is 0 Å². The Labute approximate surface area is 114 Å². The van der Waals surface area contributed by atoms with Crippen molar-refractivity contribution in [2.24, 2.45) is 0 Å². The molecule has 0 atom stereocenters. The van der Waals surface area contributed by atoms with Gasteiger partial charge >= 0.3 is 0 Å². The maximum atomic E-state index is 2.31. The fourth-order valence-corrected chi connectivity index (χ4v) is 1.58. The summed E-state index contributed by atoms with van der Waals surface area (Å²) in [5, 5.41) is 0. The highest BCUT2D eigenvalue weighted by molar-refractivity contribution is 4.94. The molecule has 0 nitrogen and oxygen atoms in total. The van der Waals surface area contributed by atoms with Crippen molar-refractivity contribution in [2.45, 2.75) is 65.2 Å². The van der Waals surface area contributed by atoms with Gasteiger partial charge in [0, 0.05) is 0 Å². The van der Waals surface area contributed by atoms with E-state index in [2.05, 4.69) is 62.5 Å². The van der Waals surface area contributed by atoms with E-state index in [0.717, 1.165) is 12.8 Å². The number of allylic oxidation sites excluding steroid dienone is 8. The third kappa shape index (κ3) is 15.0. The second-order valence-corrected chi connectivity index (χ2v) is 4.47. The number of hydrogen-bond acceptors (Lipinski definition) is 0. The van der Waals surface area contributed by atoms with E-state index in [-0.39, 0.29) is 0 Å². The predicted molar refractivity (Wildman–Crippen MR) is 84.8 cm³/mol. The van der Waals surface area contributed by atoms with Crippen LogP contribution in [0.25, 0.3) is 0 Å². The normalized spacial score (nSPS) is 12.8. The summed E-state index contributed by atoms with van der Waals surface area (Å²) in [5.41, 5.74) is 0. The fourth-order valence-electron chi connectivity index (χ4n) is 1.58. The first kappa shape index (κ1) is 17.0. The molecule has 0 spiro atoms. The fraction of sp³-hybridized carbons (Fsp3) is 0.556. The third-order valence-electron chi connectivity index (χ3n) is 2.63. The maximum Gasteiger partial charge on any atom is -0.0169 e. The number of rotatable bonds is 11. The molecule has 0 aliphatic heterocycles. The molecule has 0 aromatic rings. The summed E-state index contributed by atoms with van der Waals surface area (Å²) in [6.07, 6.45) is 27.6. The molecule has 0 radical (unpaired) electrons. The zero-order valence-electron chi connectivity index (χ0n) is 12.3. The molecule has 0 fully saturated rings. The minimum absolute atomic E-state index is 1.08. The molecule has 102 valence electrons. The lowest BCUT2D eigenvalue weighted by Crippen LogP contribution is -1.68. The largest absolute Gasteiger partial charge is 0.0885 e. The van der Waals surface area contributed by atoms with Gasteiger partial charge in [0.1, 0.15) is 0 Å². The van der Waals surface area contributed by atoms with E-state index in [0.29, 0.717) is 0 Å². The van der Waals surface area contributed by atoms with Crippen LogP contribution in [-0.2, 0) is 0 Å². The van der Waals surface area contributed by atoms with Gasteiger partial charge in [0.05, 0.1) is 0 Å². The SMILES string of the molecule is CC/C=C\C/C=C\CC/C=C\CC/C=C\CCC. The molecular formula is C18H30. The lowest BCUT2D eigenvalue weighted by atomic mass is 10.2. The van der Waals surface area contributed by atoms with Crippen LogP contribution in [0.15, 0.2) is 48.6 Å². The number of unbranched alkanes of at least 4 members (excludes halogenated alkanes) is 3. The van der Waals surface area contributed by atoms with Crippen molar-refractivity contribution in [3.05, 3.63) is 48.6 Å². The van der Waals surface area contributed by atoms with Crippen LogP contribution in [0.1, 0.15) is 65.2 Å². The Morgan fingerprint density at radius 2 is 0.944 bits per heavy atom. The number of hydrogen-bond donors (Lipinski definition) is 0. The van der Waals surface area contributed by atoms with Gasteiger partial charge in [-0.1, -0.05) is 68.9 Å². The van der Waals surface area contributed by atoms with Gasteiger partial charge in [-0.05, 0) is 44.9 Å². The Balaban J connectivity index is 3.30. The van der Waals surface area contributed by atoms with Crippen LogP contribution >= 0.6 is 0 Å². The zero-order valence-corrected chi connectivity index (χ0v) is 12.3. The minimum atomic E-state index is 1.08. The third-order valence-corrected chi connectivity index (χ3v) is 2.63. The standard InChI is InChI=1S/C18H30/c1-3-5-7-9-11-13-15-17-18-16-14-12-10-8-6-4-2/h5,7-8,10-11,13,16,18H,3-4,6,9,12,14-15,17H2,1-2H3/b7-5-,10-8-,13-11-,18-16-. The van der Waals surface area contributed by atoms with Crippen molar-refractivity contribution >= 4 is 0 Å². The van der Waals surface area contributed by atoms with Crippen LogP contribution in [0, 0.1) is 0 Å². The lowest BCUT2D eigenvalue weighted by Gasteiger charge is -1.89. The van der Waals surface area contributed by atoms with E-state index < -0.39 is 0 Å². The molecule has 0 unspecified atom stereocenters. The second-order valence-electron chi connectivity index (χ2n) is 4.47. The molecule has 0 rings (SSSR count). The minimum Gasteiger partial charge on any atom is -0.0885 e. The van der Waals surface area contributed by atoms with Gasteiger partial charge in [0.15, 0.2) is 0 Å². The topological polar surface area (TPSA) is 0 Å². The molecule has 0 heteroatoms. The average Bonchev–Trinajstić information content (AvgIpc) is 2.39. The summed E-state index contributed by atoms with van der Waals surface area (Å²) in [4.78, 5) is 0. The van der Waals surface area contributed by atoms with Crippen LogP contribution in [0.3, 0.4) is 0 Å². The first-order valence-electron chi connectivity index (χ1n) is 7.51. The summed E-state index contributed by atoms with van der Waals surface area (Å²) in [5.74, 6) is 0. The Morgan fingerprint density at radius 3 is 1.44 bits per heavy atom.